The zero-order valence-corrected chi connectivity index (χ0v) is 21.4. The summed E-state index contributed by atoms with van der Waals surface area (Å²) >= 11 is 0. The highest BCUT2D eigenvalue weighted by molar-refractivity contribution is 6.36. The number of ether oxygens (including phenoxy) is 2. The van der Waals surface area contributed by atoms with Crippen molar-refractivity contribution in [1.29, 1.82) is 0 Å². The quantitative estimate of drug-likeness (QED) is 0.302. The third-order valence-corrected chi connectivity index (χ3v) is 6.86. The van der Waals surface area contributed by atoms with Gasteiger partial charge in [0.05, 0.1) is 25.7 Å². The molecule has 2 aliphatic rings. The number of rotatable bonds is 10. The molecule has 0 fully saturated rings. The van der Waals surface area contributed by atoms with Crippen LogP contribution in [-0.2, 0) is 20.9 Å². The van der Waals surface area contributed by atoms with Crippen LogP contribution in [0.2, 0.25) is 0 Å². The molecule has 2 aromatic rings. The number of hydrogen-bond donors (Lipinski definition) is 3. The van der Waals surface area contributed by atoms with Gasteiger partial charge in [0.15, 0.2) is 11.5 Å². The van der Waals surface area contributed by atoms with Crippen LogP contribution in [0.4, 0.5) is 4.39 Å². The summed E-state index contributed by atoms with van der Waals surface area (Å²) in [7, 11) is 1.39. The summed E-state index contributed by atoms with van der Waals surface area (Å²) in [5.41, 5.74) is 1.32. The van der Waals surface area contributed by atoms with E-state index >= 15 is 0 Å². The Bertz CT molecular complexity index is 1310. The van der Waals surface area contributed by atoms with Crippen LogP contribution in [0.3, 0.4) is 0 Å². The molecule has 0 saturated carbocycles. The molecule has 4 unspecified atom stereocenters. The molecule has 10 nitrogen and oxygen atoms in total. The number of nitrogens with zero attached hydrogens (tertiary/aromatic N) is 1. The fourth-order valence-corrected chi connectivity index (χ4v) is 4.97. The number of fused-ring (bicyclic) bond motifs is 3. The summed E-state index contributed by atoms with van der Waals surface area (Å²) in [5.74, 6) is -3.04. The van der Waals surface area contributed by atoms with E-state index < -0.39 is 47.6 Å². The molecule has 3 N–H and O–H groups in total. The summed E-state index contributed by atoms with van der Waals surface area (Å²) in [6.45, 7) is 0.993. The van der Waals surface area contributed by atoms with E-state index in [0.29, 0.717) is 17.4 Å². The summed E-state index contributed by atoms with van der Waals surface area (Å²) < 4.78 is 25.0. The van der Waals surface area contributed by atoms with Gasteiger partial charge in [-0.05, 0) is 35.9 Å². The molecule has 0 radical (unpaired) electrons. The Balaban J connectivity index is 1.84. The molecule has 2 amide bonds. The first kappa shape index (κ1) is 27.9. The number of aliphatic hydroxyl groups is 2. The highest BCUT2D eigenvalue weighted by Crippen LogP contribution is 2.51. The molecule has 2 aromatic carbocycles. The van der Waals surface area contributed by atoms with E-state index in [2.05, 4.69) is 5.32 Å². The predicted octanol–water partition coefficient (Wildman–Crippen LogP) is 1.28. The molecule has 0 bridgehead atoms. The summed E-state index contributed by atoms with van der Waals surface area (Å²) in [5, 5.41) is 23.4. The fourth-order valence-electron chi connectivity index (χ4n) is 4.97. The van der Waals surface area contributed by atoms with Gasteiger partial charge in [0, 0.05) is 36.2 Å². The number of benzene rings is 2. The molecule has 39 heavy (non-hydrogen) atoms. The molecule has 11 heteroatoms. The molecule has 4 rings (SSSR count). The number of aldehydes is 1. The van der Waals surface area contributed by atoms with Crippen molar-refractivity contribution in [3.05, 3.63) is 70.6 Å². The van der Waals surface area contributed by atoms with Gasteiger partial charge in [-0.2, -0.15) is 0 Å². The molecule has 4 atom stereocenters. The Hall–Kier alpha value is -4.09. The smallest absolute Gasteiger partial charge is 0.290 e. The van der Waals surface area contributed by atoms with Gasteiger partial charge in [-0.1, -0.05) is 19.1 Å². The van der Waals surface area contributed by atoms with Crippen LogP contribution in [0.1, 0.15) is 40.7 Å². The lowest BCUT2D eigenvalue weighted by atomic mass is 9.77. The van der Waals surface area contributed by atoms with E-state index in [1.165, 1.54) is 56.5 Å². The molecule has 0 spiro atoms. The normalized spacial score (nSPS) is 21.1. The molecule has 0 aromatic heterocycles. The largest absolute Gasteiger partial charge is 0.493 e. The third-order valence-electron chi connectivity index (χ3n) is 6.86. The lowest BCUT2D eigenvalue weighted by Crippen LogP contribution is -2.56. The highest BCUT2D eigenvalue weighted by Gasteiger charge is 2.51. The van der Waals surface area contributed by atoms with Crippen molar-refractivity contribution in [2.75, 3.05) is 20.3 Å². The molecule has 1 heterocycles. The molecular weight excluding hydrogens is 511 g/mol. The van der Waals surface area contributed by atoms with E-state index in [1.54, 1.807) is 0 Å². The van der Waals surface area contributed by atoms with Crippen molar-refractivity contribution in [2.24, 2.45) is 0 Å². The van der Waals surface area contributed by atoms with Gasteiger partial charge in [-0.3, -0.25) is 19.2 Å². The van der Waals surface area contributed by atoms with Crippen molar-refractivity contribution < 1.29 is 43.3 Å². The van der Waals surface area contributed by atoms with E-state index in [9.17, 15) is 33.8 Å². The van der Waals surface area contributed by atoms with E-state index in [1.807, 2.05) is 0 Å². The van der Waals surface area contributed by atoms with Crippen LogP contribution in [0.25, 0.3) is 0 Å². The lowest BCUT2D eigenvalue weighted by Gasteiger charge is -2.40. The topological polar surface area (TPSA) is 142 Å². The average molecular weight is 541 g/mol. The Labute approximate surface area is 224 Å². The number of nitrogens with one attached hydrogen (secondary N) is 1. The standard InChI is InChI=1S/C28H29FN2O8/c1-3-21(34)28(37)31(13-15-4-6-17(29)7-5-15)20-12-19(27(36)30-8-9-32)23-18-10-16(14-33)11-22(38-2)25(18)39-26(23)24(20)35/h4-7,10-12,14,20,23-24,26,32,35H,3,8-9,13H2,1-2H3,(H,30,36). The summed E-state index contributed by atoms with van der Waals surface area (Å²) in [6, 6.07) is 7.16. The Morgan fingerprint density at radius 1 is 1.21 bits per heavy atom. The number of carbonyl (C=O) groups excluding carboxylic acids is 4. The van der Waals surface area contributed by atoms with Crippen LogP contribution < -0.4 is 14.8 Å². The van der Waals surface area contributed by atoms with Crippen LogP contribution in [-0.4, -0.2) is 77.5 Å². The first-order valence-electron chi connectivity index (χ1n) is 12.4. The number of ketones is 1. The van der Waals surface area contributed by atoms with Crippen molar-refractivity contribution in [1.82, 2.24) is 10.2 Å². The minimum atomic E-state index is -1.41. The zero-order valence-electron chi connectivity index (χ0n) is 21.4. The van der Waals surface area contributed by atoms with Gasteiger partial charge in [-0.25, -0.2) is 4.39 Å². The summed E-state index contributed by atoms with van der Waals surface area (Å²) in [6.07, 6.45) is -0.556. The van der Waals surface area contributed by atoms with Crippen molar-refractivity contribution in [3.8, 4) is 11.5 Å². The zero-order chi connectivity index (χ0) is 28.3. The average Bonchev–Trinajstić information content (AvgIpc) is 3.34. The lowest BCUT2D eigenvalue weighted by molar-refractivity contribution is -0.148. The second kappa shape index (κ2) is 11.7. The molecule has 1 aliphatic carbocycles. The second-order valence-electron chi connectivity index (χ2n) is 9.24. The van der Waals surface area contributed by atoms with Gasteiger partial charge in [0.25, 0.3) is 5.91 Å². The predicted molar refractivity (Wildman–Crippen MR) is 136 cm³/mol. The van der Waals surface area contributed by atoms with E-state index in [0.717, 1.165) is 4.90 Å². The van der Waals surface area contributed by atoms with Crippen LogP contribution in [0, 0.1) is 5.82 Å². The molecule has 1 aliphatic heterocycles. The minimum absolute atomic E-state index is 0.0568. The number of halogens is 1. The maximum atomic E-state index is 13.5. The van der Waals surface area contributed by atoms with Gasteiger partial charge >= 0.3 is 0 Å². The minimum Gasteiger partial charge on any atom is -0.493 e. The summed E-state index contributed by atoms with van der Waals surface area (Å²) in [4.78, 5) is 51.8. The van der Waals surface area contributed by atoms with Gasteiger partial charge in [0.2, 0.25) is 11.7 Å². The monoisotopic (exact) mass is 540 g/mol. The second-order valence-corrected chi connectivity index (χ2v) is 9.24. The van der Waals surface area contributed by atoms with Crippen molar-refractivity contribution >= 4 is 23.9 Å². The van der Waals surface area contributed by atoms with Crippen LogP contribution >= 0.6 is 0 Å². The van der Waals surface area contributed by atoms with Gasteiger partial charge < -0.3 is 29.9 Å². The molecule has 206 valence electrons. The molecule has 0 saturated heterocycles. The fraction of sp³-hybridized carbons (Fsp3) is 0.357. The highest BCUT2D eigenvalue weighted by atomic mass is 19.1. The van der Waals surface area contributed by atoms with E-state index in [4.69, 9.17) is 9.47 Å². The van der Waals surface area contributed by atoms with Crippen LogP contribution in [0.15, 0.2) is 48.0 Å². The first-order chi connectivity index (χ1) is 18.7. The maximum Gasteiger partial charge on any atom is 0.290 e. The van der Waals surface area contributed by atoms with Crippen LogP contribution in [0.5, 0.6) is 11.5 Å². The van der Waals surface area contributed by atoms with E-state index in [-0.39, 0.29) is 48.8 Å². The Kier molecular flexibility index (Phi) is 8.41. The molecular formula is C28H29FN2O8. The number of hydrogen-bond acceptors (Lipinski definition) is 8. The van der Waals surface area contributed by atoms with Gasteiger partial charge in [0.1, 0.15) is 24.3 Å². The van der Waals surface area contributed by atoms with Crippen molar-refractivity contribution in [3.63, 3.8) is 0 Å². The Morgan fingerprint density at radius 3 is 2.54 bits per heavy atom. The first-order valence-corrected chi connectivity index (χ1v) is 12.4. The third kappa shape index (κ3) is 5.41. The van der Waals surface area contributed by atoms with Crippen molar-refractivity contribution in [2.45, 2.75) is 44.1 Å². The number of Topliss-reactive ketones (excluding diaryl/α,β-unsaturated/α-hetero) is 1. The maximum absolute atomic E-state index is 13.5. The number of amides is 2. The Morgan fingerprint density at radius 2 is 1.92 bits per heavy atom. The van der Waals surface area contributed by atoms with Gasteiger partial charge in [-0.15, -0.1) is 0 Å². The number of aliphatic hydroxyl groups excluding tert-OH is 2. The SMILES string of the molecule is CCC(=O)C(=O)N(Cc1ccc(F)cc1)C1C=C(C(=O)NCCO)C2c3cc(C=O)cc(OC)c3OC2C1O. The number of methoxy groups -OCH3 is 1. The number of carbonyl (C=O) groups is 4.